The standard InChI is InChI=1S/C17H26N4O2/c1-16(2,3)15(23)21-9-11-12(17(21,4)5)19-20-13(11)18-14(22)10-7-6-8-10/h10H,6-9H2,1-5H3,(H2,18,19,20,22). The zero-order valence-electron chi connectivity index (χ0n) is 14.6. The Hall–Kier alpha value is -1.85. The van der Waals surface area contributed by atoms with Gasteiger partial charge in [0.1, 0.15) is 0 Å². The molecule has 0 atom stereocenters. The fourth-order valence-electron chi connectivity index (χ4n) is 3.24. The summed E-state index contributed by atoms with van der Waals surface area (Å²) >= 11 is 0. The molecule has 1 saturated carbocycles. The Balaban J connectivity index is 1.84. The molecule has 1 aromatic heterocycles. The van der Waals surface area contributed by atoms with Gasteiger partial charge >= 0.3 is 0 Å². The Kier molecular flexibility index (Phi) is 3.54. The maximum Gasteiger partial charge on any atom is 0.229 e. The average Bonchev–Trinajstić information content (AvgIpc) is 2.85. The molecule has 0 aromatic carbocycles. The normalized spacial score (nSPS) is 20.1. The number of H-pyrrole nitrogens is 1. The Morgan fingerprint density at radius 3 is 2.48 bits per heavy atom. The van der Waals surface area contributed by atoms with Crippen molar-refractivity contribution in [3.63, 3.8) is 0 Å². The largest absolute Gasteiger partial charge is 0.327 e. The number of hydrogen-bond acceptors (Lipinski definition) is 3. The molecule has 23 heavy (non-hydrogen) atoms. The molecular formula is C17H26N4O2. The van der Waals surface area contributed by atoms with Gasteiger partial charge in [-0.2, -0.15) is 5.10 Å². The van der Waals surface area contributed by atoms with E-state index in [0.29, 0.717) is 12.4 Å². The maximum atomic E-state index is 12.8. The first-order valence-electron chi connectivity index (χ1n) is 8.33. The molecule has 1 aliphatic heterocycles. The maximum absolute atomic E-state index is 12.8. The number of anilines is 1. The summed E-state index contributed by atoms with van der Waals surface area (Å²) in [5, 5.41) is 10.3. The van der Waals surface area contributed by atoms with Crippen LogP contribution in [0.1, 0.15) is 65.1 Å². The second-order valence-corrected chi connectivity index (χ2v) is 8.24. The van der Waals surface area contributed by atoms with Crippen molar-refractivity contribution in [1.29, 1.82) is 0 Å². The van der Waals surface area contributed by atoms with E-state index >= 15 is 0 Å². The molecule has 0 bridgehead atoms. The van der Waals surface area contributed by atoms with Gasteiger partial charge in [-0.25, -0.2) is 0 Å². The molecule has 1 aromatic rings. The Labute approximate surface area is 137 Å². The van der Waals surface area contributed by atoms with Gasteiger partial charge in [-0.1, -0.05) is 27.2 Å². The van der Waals surface area contributed by atoms with Crippen molar-refractivity contribution in [2.45, 2.75) is 66.0 Å². The molecule has 6 heteroatoms. The van der Waals surface area contributed by atoms with E-state index in [1.165, 1.54) is 0 Å². The van der Waals surface area contributed by atoms with Crippen LogP contribution in [0.4, 0.5) is 5.82 Å². The predicted molar refractivity (Wildman–Crippen MR) is 87.6 cm³/mol. The van der Waals surface area contributed by atoms with Gasteiger partial charge < -0.3 is 10.2 Å². The summed E-state index contributed by atoms with van der Waals surface area (Å²) in [4.78, 5) is 26.8. The second-order valence-electron chi connectivity index (χ2n) is 8.24. The Morgan fingerprint density at radius 2 is 1.96 bits per heavy atom. The van der Waals surface area contributed by atoms with Crippen LogP contribution >= 0.6 is 0 Å². The molecule has 0 saturated heterocycles. The lowest BCUT2D eigenvalue weighted by Crippen LogP contribution is -2.46. The molecule has 2 amide bonds. The summed E-state index contributed by atoms with van der Waals surface area (Å²) in [5.41, 5.74) is 0.953. The first kappa shape index (κ1) is 16.0. The van der Waals surface area contributed by atoms with Crippen LogP contribution in [0.3, 0.4) is 0 Å². The van der Waals surface area contributed by atoms with Gasteiger partial charge in [-0.05, 0) is 26.7 Å². The highest BCUT2D eigenvalue weighted by Gasteiger charge is 2.46. The smallest absolute Gasteiger partial charge is 0.229 e. The van der Waals surface area contributed by atoms with Crippen LogP contribution in [0.5, 0.6) is 0 Å². The van der Waals surface area contributed by atoms with Crippen molar-refractivity contribution in [1.82, 2.24) is 15.1 Å². The van der Waals surface area contributed by atoms with Crippen LogP contribution < -0.4 is 5.32 Å². The van der Waals surface area contributed by atoms with Gasteiger partial charge in [-0.3, -0.25) is 14.7 Å². The summed E-state index contributed by atoms with van der Waals surface area (Å²) < 4.78 is 0. The van der Waals surface area contributed by atoms with Crippen LogP contribution in [0, 0.1) is 11.3 Å². The molecular weight excluding hydrogens is 292 g/mol. The number of fused-ring (bicyclic) bond motifs is 1. The predicted octanol–water partition coefficient (Wildman–Crippen LogP) is 2.77. The van der Waals surface area contributed by atoms with Crippen LogP contribution in [0.15, 0.2) is 0 Å². The van der Waals surface area contributed by atoms with E-state index in [-0.39, 0.29) is 17.7 Å². The van der Waals surface area contributed by atoms with Crippen molar-refractivity contribution in [3.8, 4) is 0 Å². The number of aromatic amines is 1. The van der Waals surface area contributed by atoms with E-state index < -0.39 is 11.0 Å². The molecule has 0 unspecified atom stereocenters. The lowest BCUT2D eigenvalue weighted by molar-refractivity contribution is -0.145. The highest BCUT2D eigenvalue weighted by atomic mass is 16.2. The SMILES string of the molecule is CC(C)(C)C(=O)N1Cc2c(NC(=O)C3CCC3)n[nH]c2C1(C)C. The average molecular weight is 318 g/mol. The Morgan fingerprint density at radius 1 is 1.30 bits per heavy atom. The highest BCUT2D eigenvalue weighted by Crippen LogP contribution is 2.42. The zero-order valence-corrected chi connectivity index (χ0v) is 14.6. The minimum absolute atomic E-state index is 0.0453. The number of carbonyl (C=O) groups is 2. The van der Waals surface area contributed by atoms with E-state index in [1.54, 1.807) is 0 Å². The van der Waals surface area contributed by atoms with E-state index in [4.69, 9.17) is 0 Å². The van der Waals surface area contributed by atoms with E-state index in [9.17, 15) is 9.59 Å². The van der Waals surface area contributed by atoms with Crippen molar-refractivity contribution in [2.75, 3.05) is 5.32 Å². The van der Waals surface area contributed by atoms with Crippen molar-refractivity contribution < 1.29 is 9.59 Å². The lowest BCUT2D eigenvalue weighted by atomic mass is 9.85. The molecule has 126 valence electrons. The number of amides is 2. The van der Waals surface area contributed by atoms with Gasteiger partial charge in [0.2, 0.25) is 11.8 Å². The molecule has 1 aliphatic carbocycles. The van der Waals surface area contributed by atoms with Crippen LogP contribution in [0.25, 0.3) is 0 Å². The molecule has 2 heterocycles. The molecule has 0 radical (unpaired) electrons. The van der Waals surface area contributed by atoms with E-state index in [2.05, 4.69) is 15.5 Å². The van der Waals surface area contributed by atoms with Crippen LogP contribution in [-0.4, -0.2) is 26.9 Å². The summed E-state index contributed by atoms with van der Waals surface area (Å²) in [6.45, 7) is 10.3. The number of rotatable bonds is 2. The fourth-order valence-corrected chi connectivity index (χ4v) is 3.24. The summed E-state index contributed by atoms with van der Waals surface area (Å²) in [5.74, 6) is 0.839. The summed E-state index contributed by atoms with van der Waals surface area (Å²) in [6.07, 6.45) is 3.04. The number of hydrogen-bond donors (Lipinski definition) is 2. The van der Waals surface area contributed by atoms with E-state index in [0.717, 1.165) is 30.5 Å². The molecule has 1 fully saturated rings. The van der Waals surface area contributed by atoms with Gasteiger partial charge in [0.25, 0.3) is 0 Å². The highest BCUT2D eigenvalue weighted by molar-refractivity contribution is 5.93. The topological polar surface area (TPSA) is 78.1 Å². The first-order valence-corrected chi connectivity index (χ1v) is 8.33. The minimum Gasteiger partial charge on any atom is -0.327 e. The third-order valence-electron chi connectivity index (χ3n) is 5.07. The minimum atomic E-state index is -0.452. The zero-order chi connectivity index (χ0) is 17.0. The van der Waals surface area contributed by atoms with Crippen molar-refractivity contribution in [2.24, 2.45) is 11.3 Å². The number of aromatic nitrogens is 2. The van der Waals surface area contributed by atoms with Gasteiger partial charge in [-0.15, -0.1) is 0 Å². The van der Waals surface area contributed by atoms with Crippen LogP contribution in [-0.2, 0) is 21.7 Å². The number of nitrogens with one attached hydrogen (secondary N) is 2. The monoisotopic (exact) mass is 318 g/mol. The van der Waals surface area contributed by atoms with Gasteiger partial charge in [0, 0.05) is 16.9 Å². The molecule has 6 nitrogen and oxygen atoms in total. The van der Waals surface area contributed by atoms with E-state index in [1.807, 2.05) is 39.5 Å². The Bertz CT molecular complexity index is 650. The molecule has 2 N–H and O–H groups in total. The first-order chi connectivity index (χ1) is 10.6. The van der Waals surface area contributed by atoms with Gasteiger partial charge in [0.15, 0.2) is 5.82 Å². The third kappa shape index (κ3) is 2.54. The summed E-state index contributed by atoms with van der Waals surface area (Å²) in [7, 11) is 0. The quantitative estimate of drug-likeness (QED) is 0.880. The molecule has 2 aliphatic rings. The number of nitrogens with zero attached hydrogens (tertiary/aromatic N) is 2. The summed E-state index contributed by atoms with van der Waals surface area (Å²) in [6, 6.07) is 0. The van der Waals surface area contributed by atoms with Crippen LogP contribution in [0.2, 0.25) is 0 Å². The van der Waals surface area contributed by atoms with Crippen molar-refractivity contribution >= 4 is 17.6 Å². The van der Waals surface area contributed by atoms with Crippen molar-refractivity contribution in [3.05, 3.63) is 11.3 Å². The third-order valence-corrected chi connectivity index (χ3v) is 5.07. The number of carbonyl (C=O) groups excluding carboxylic acids is 2. The lowest BCUT2D eigenvalue weighted by Gasteiger charge is -2.36. The van der Waals surface area contributed by atoms with Gasteiger partial charge in [0.05, 0.1) is 17.8 Å². The fraction of sp³-hybridized carbons (Fsp3) is 0.706. The molecule has 0 spiro atoms. The second kappa shape index (κ2) is 5.08. The molecule has 3 rings (SSSR count).